The molecule has 2 saturated heterocycles. The van der Waals surface area contributed by atoms with Gasteiger partial charge in [-0.3, -0.25) is 9.59 Å². The van der Waals surface area contributed by atoms with Crippen molar-refractivity contribution >= 4 is 27.5 Å². The smallest absolute Gasteiger partial charge is 0.262 e. The van der Waals surface area contributed by atoms with E-state index in [2.05, 4.69) is 5.32 Å². The molecule has 2 heterocycles. The second-order valence-corrected chi connectivity index (χ2v) is 9.74. The maximum Gasteiger partial charge on any atom is 0.262 e. The molecule has 2 fully saturated rings. The average Bonchev–Trinajstić information content (AvgIpc) is 2.89. The van der Waals surface area contributed by atoms with Gasteiger partial charge in [-0.25, -0.2) is 8.42 Å². The van der Waals surface area contributed by atoms with Crippen LogP contribution < -0.4 is 10.1 Å². The van der Waals surface area contributed by atoms with Gasteiger partial charge in [0.15, 0.2) is 6.61 Å². The van der Waals surface area contributed by atoms with Crippen LogP contribution in [-0.2, 0) is 24.3 Å². The van der Waals surface area contributed by atoms with E-state index in [4.69, 9.17) is 14.2 Å². The van der Waals surface area contributed by atoms with E-state index < -0.39 is 15.9 Å². The number of carbonyl (C=O) groups is 2. The van der Waals surface area contributed by atoms with E-state index in [-0.39, 0.29) is 17.4 Å². The number of carbonyl (C=O) groups excluding carboxylic acids is 2. The van der Waals surface area contributed by atoms with Gasteiger partial charge in [-0.1, -0.05) is 0 Å². The second kappa shape index (κ2) is 11.0. The maximum absolute atomic E-state index is 12.7. The van der Waals surface area contributed by atoms with Crippen molar-refractivity contribution in [2.75, 3.05) is 64.5 Å². The lowest BCUT2D eigenvalue weighted by Gasteiger charge is -2.26. The summed E-state index contributed by atoms with van der Waals surface area (Å²) in [4.78, 5) is 26.6. The third-order valence-corrected chi connectivity index (χ3v) is 7.43. The summed E-state index contributed by atoms with van der Waals surface area (Å²) in [7, 11) is -3.59. The minimum absolute atomic E-state index is 0.0633. The number of ether oxygens (including phenoxy) is 3. The molecule has 0 aliphatic carbocycles. The van der Waals surface area contributed by atoms with E-state index >= 15 is 0 Å². The van der Waals surface area contributed by atoms with Gasteiger partial charge in [-0.2, -0.15) is 4.31 Å². The molecule has 34 heavy (non-hydrogen) atoms. The van der Waals surface area contributed by atoms with Crippen LogP contribution in [-0.4, -0.2) is 88.7 Å². The molecule has 0 atom stereocenters. The Morgan fingerprint density at radius 2 is 1.44 bits per heavy atom. The highest BCUT2D eigenvalue weighted by molar-refractivity contribution is 7.89. The number of nitrogens with one attached hydrogen (secondary N) is 1. The van der Waals surface area contributed by atoms with Gasteiger partial charge in [-0.15, -0.1) is 0 Å². The molecule has 11 heteroatoms. The lowest BCUT2D eigenvalue weighted by Crippen LogP contribution is -2.40. The van der Waals surface area contributed by atoms with E-state index in [1.807, 2.05) is 0 Å². The summed E-state index contributed by atoms with van der Waals surface area (Å²) in [6, 6.07) is 12.6. The Kier molecular flexibility index (Phi) is 7.78. The van der Waals surface area contributed by atoms with Gasteiger partial charge in [0.25, 0.3) is 11.8 Å². The number of hydrogen-bond acceptors (Lipinski definition) is 7. The first-order valence-corrected chi connectivity index (χ1v) is 12.5. The highest BCUT2D eigenvalue weighted by Crippen LogP contribution is 2.20. The molecule has 0 saturated carbocycles. The fraction of sp³-hybridized carbons (Fsp3) is 0.391. The highest BCUT2D eigenvalue weighted by atomic mass is 32.2. The van der Waals surface area contributed by atoms with Crippen LogP contribution in [0.3, 0.4) is 0 Å². The molecular formula is C23H27N3O7S. The number of rotatable bonds is 7. The van der Waals surface area contributed by atoms with Crippen molar-refractivity contribution in [3.8, 4) is 5.75 Å². The molecule has 182 valence electrons. The van der Waals surface area contributed by atoms with Gasteiger partial charge in [0.05, 0.1) is 31.3 Å². The summed E-state index contributed by atoms with van der Waals surface area (Å²) in [6.45, 7) is 3.36. The van der Waals surface area contributed by atoms with Crippen LogP contribution in [0.4, 0.5) is 5.69 Å². The van der Waals surface area contributed by atoms with Gasteiger partial charge in [0.1, 0.15) is 5.75 Å². The topological polar surface area (TPSA) is 114 Å². The fourth-order valence-electron chi connectivity index (χ4n) is 3.63. The Morgan fingerprint density at radius 3 is 2.06 bits per heavy atom. The summed E-state index contributed by atoms with van der Waals surface area (Å²) in [5, 5.41) is 2.68. The first kappa shape index (κ1) is 24.1. The molecular weight excluding hydrogens is 462 g/mol. The normalized spacial score (nSPS) is 17.2. The standard InChI is InChI=1S/C23H27N3O7S/c27-22(17-33-20-5-1-18(2-6-20)23(28)25-9-13-31-14-10-25)24-19-3-7-21(8-4-19)34(29,30)26-11-15-32-16-12-26/h1-8H,9-17H2,(H,24,27). The van der Waals surface area contributed by atoms with E-state index in [0.29, 0.717) is 69.6 Å². The molecule has 0 radical (unpaired) electrons. The Morgan fingerprint density at radius 1 is 0.853 bits per heavy atom. The van der Waals surface area contributed by atoms with E-state index in [1.54, 1.807) is 29.2 Å². The van der Waals surface area contributed by atoms with E-state index in [9.17, 15) is 18.0 Å². The molecule has 2 aliphatic rings. The quantitative estimate of drug-likeness (QED) is 0.622. The average molecular weight is 490 g/mol. The minimum Gasteiger partial charge on any atom is -0.484 e. The van der Waals surface area contributed by atoms with Gasteiger partial charge in [0.2, 0.25) is 10.0 Å². The second-order valence-electron chi connectivity index (χ2n) is 7.81. The summed E-state index contributed by atoms with van der Waals surface area (Å²) in [6.07, 6.45) is 0. The van der Waals surface area contributed by atoms with Crippen molar-refractivity contribution in [3.05, 3.63) is 54.1 Å². The number of hydrogen-bond donors (Lipinski definition) is 1. The largest absolute Gasteiger partial charge is 0.484 e. The van der Waals surface area contributed by atoms with Crippen molar-refractivity contribution in [1.29, 1.82) is 0 Å². The van der Waals surface area contributed by atoms with E-state index in [1.165, 1.54) is 28.6 Å². The molecule has 0 unspecified atom stereocenters. The molecule has 2 aliphatic heterocycles. The number of morpholine rings is 2. The predicted molar refractivity (Wildman–Crippen MR) is 123 cm³/mol. The zero-order valence-corrected chi connectivity index (χ0v) is 19.5. The van der Waals surface area contributed by atoms with Crippen LogP contribution in [0.2, 0.25) is 0 Å². The predicted octanol–water partition coefficient (Wildman–Crippen LogP) is 1.20. The van der Waals surface area contributed by atoms with Crippen LogP contribution in [0, 0.1) is 0 Å². The fourth-order valence-corrected chi connectivity index (χ4v) is 5.04. The number of amides is 2. The lowest BCUT2D eigenvalue weighted by atomic mass is 10.2. The van der Waals surface area contributed by atoms with Crippen LogP contribution in [0.1, 0.15) is 10.4 Å². The lowest BCUT2D eigenvalue weighted by molar-refractivity contribution is -0.118. The Labute approximate surface area is 198 Å². The first-order valence-electron chi connectivity index (χ1n) is 11.0. The SMILES string of the molecule is O=C(COc1ccc(C(=O)N2CCOCC2)cc1)Nc1ccc(S(=O)(=O)N2CCOCC2)cc1. The van der Waals surface area contributed by atoms with Crippen molar-refractivity contribution < 1.29 is 32.2 Å². The van der Waals surface area contributed by atoms with Crippen LogP contribution >= 0.6 is 0 Å². The van der Waals surface area contributed by atoms with Crippen molar-refractivity contribution in [3.63, 3.8) is 0 Å². The van der Waals surface area contributed by atoms with E-state index in [0.717, 1.165) is 0 Å². The zero-order valence-electron chi connectivity index (χ0n) is 18.6. The molecule has 2 aromatic rings. The van der Waals surface area contributed by atoms with Crippen LogP contribution in [0.15, 0.2) is 53.4 Å². The molecule has 10 nitrogen and oxygen atoms in total. The maximum atomic E-state index is 12.7. The number of nitrogens with zero attached hydrogens (tertiary/aromatic N) is 2. The summed E-state index contributed by atoms with van der Waals surface area (Å²) in [5.74, 6) is 0.00422. The number of anilines is 1. The summed E-state index contributed by atoms with van der Waals surface area (Å²) >= 11 is 0. The van der Waals surface area contributed by atoms with Crippen molar-refractivity contribution in [2.45, 2.75) is 4.90 Å². The Bertz CT molecular complexity index is 1090. The van der Waals surface area contributed by atoms with Crippen LogP contribution in [0.5, 0.6) is 5.75 Å². The highest BCUT2D eigenvalue weighted by Gasteiger charge is 2.26. The Balaban J connectivity index is 1.27. The molecule has 4 rings (SSSR count). The van der Waals surface area contributed by atoms with Crippen LogP contribution in [0.25, 0.3) is 0 Å². The first-order chi connectivity index (χ1) is 16.4. The third kappa shape index (κ3) is 5.92. The van der Waals surface area contributed by atoms with Gasteiger partial charge < -0.3 is 24.4 Å². The molecule has 0 bridgehead atoms. The van der Waals surface area contributed by atoms with Gasteiger partial charge in [-0.05, 0) is 48.5 Å². The van der Waals surface area contributed by atoms with Crippen molar-refractivity contribution in [2.24, 2.45) is 0 Å². The van der Waals surface area contributed by atoms with Gasteiger partial charge >= 0.3 is 0 Å². The van der Waals surface area contributed by atoms with Crippen molar-refractivity contribution in [1.82, 2.24) is 9.21 Å². The molecule has 1 N–H and O–H groups in total. The van der Waals surface area contributed by atoms with Gasteiger partial charge in [0, 0.05) is 37.4 Å². The molecule has 0 spiro atoms. The summed E-state index contributed by atoms with van der Waals surface area (Å²) < 4.78 is 42.7. The summed E-state index contributed by atoms with van der Waals surface area (Å²) in [5.41, 5.74) is 1.01. The number of benzene rings is 2. The monoisotopic (exact) mass is 489 g/mol. The minimum atomic E-state index is -3.59. The molecule has 2 aromatic carbocycles. The molecule has 2 amide bonds. The zero-order chi connectivity index (χ0) is 24.0. The molecule has 0 aromatic heterocycles. The third-order valence-electron chi connectivity index (χ3n) is 5.52. The Hall–Kier alpha value is -2.99. The number of sulfonamides is 1.